The van der Waals surface area contributed by atoms with Gasteiger partial charge in [0.1, 0.15) is 0 Å². The zero-order valence-corrected chi connectivity index (χ0v) is 9.62. The van der Waals surface area contributed by atoms with Gasteiger partial charge in [0.2, 0.25) is 4.51 Å². The third-order valence-electron chi connectivity index (χ3n) is 1.01. The fourth-order valence-corrected chi connectivity index (χ4v) is 1.07. The first-order valence-corrected chi connectivity index (χ1v) is 4.72. The van der Waals surface area contributed by atoms with E-state index in [1.54, 1.807) is 6.92 Å². The molecular formula is C4H3Br3O3. The van der Waals surface area contributed by atoms with Crippen molar-refractivity contribution in [3.05, 3.63) is 0 Å². The van der Waals surface area contributed by atoms with Crippen LogP contribution in [0.5, 0.6) is 0 Å². The van der Waals surface area contributed by atoms with E-state index in [2.05, 4.69) is 52.5 Å². The number of ether oxygens (including phenoxy) is 2. The molecule has 1 fully saturated rings. The van der Waals surface area contributed by atoms with Crippen LogP contribution in [0.4, 0.5) is 4.79 Å². The van der Waals surface area contributed by atoms with Crippen molar-refractivity contribution in [1.82, 2.24) is 0 Å². The first-order valence-electron chi connectivity index (χ1n) is 2.34. The van der Waals surface area contributed by atoms with E-state index in [4.69, 9.17) is 4.74 Å². The van der Waals surface area contributed by atoms with Gasteiger partial charge in [0.05, 0.1) is 0 Å². The normalized spacial score (nSPS) is 37.0. The highest BCUT2D eigenvalue weighted by molar-refractivity contribution is 9.26. The molecule has 0 amide bonds. The van der Waals surface area contributed by atoms with Crippen LogP contribution < -0.4 is 0 Å². The molecule has 1 heterocycles. The molecule has 0 bridgehead atoms. The molecular weight excluding hydrogens is 336 g/mol. The lowest BCUT2D eigenvalue weighted by Gasteiger charge is -2.21. The van der Waals surface area contributed by atoms with Crippen LogP contribution in [0.3, 0.4) is 0 Å². The number of carbonyl (C=O) groups is 1. The minimum atomic E-state index is -0.968. The fourth-order valence-electron chi connectivity index (χ4n) is 0.433. The summed E-state index contributed by atoms with van der Waals surface area (Å²) in [6.07, 6.45) is -0.715. The van der Waals surface area contributed by atoms with Gasteiger partial charge in [-0.2, -0.15) is 0 Å². The molecule has 0 N–H and O–H groups in total. The van der Waals surface area contributed by atoms with Gasteiger partial charge in [-0.25, -0.2) is 4.79 Å². The summed E-state index contributed by atoms with van der Waals surface area (Å²) < 4.78 is 7.58. The molecule has 0 aromatic heterocycles. The first-order chi connectivity index (χ1) is 4.35. The van der Waals surface area contributed by atoms with Crippen LogP contribution in [0.2, 0.25) is 0 Å². The molecule has 1 saturated heterocycles. The lowest BCUT2D eigenvalue weighted by Crippen LogP contribution is -2.32. The van der Waals surface area contributed by atoms with Gasteiger partial charge in [-0.1, -0.05) is 0 Å². The summed E-state index contributed by atoms with van der Waals surface area (Å²) in [5, 5.41) is 0. The van der Waals surface area contributed by atoms with E-state index in [0.717, 1.165) is 0 Å². The molecule has 1 unspecified atom stereocenters. The van der Waals surface area contributed by atoms with Crippen molar-refractivity contribution < 1.29 is 14.3 Å². The van der Waals surface area contributed by atoms with Crippen molar-refractivity contribution >= 4 is 53.9 Å². The predicted molar refractivity (Wildman–Crippen MR) is 45.5 cm³/mol. The van der Waals surface area contributed by atoms with Gasteiger partial charge in [-0.15, -0.1) is 0 Å². The number of rotatable bonds is 0. The minimum Gasteiger partial charge on any atom is -0.410 e. The van der Waals surface area contributed by atoms with Crippen LogP contribution in [0, 0.1) is 0 Å². The summed E-state index contributed by atoms with van der Waals surface area (Å²) in [5.74, 6) is 0. The van der Waals surface area contributed by atoms with Gasteiger partial charge in [0.25, 0.3) is 3.42 Å². The van der Waals surface area contributed by atoms with Crippen LogP contribution in [0.25, 0.3) is 0 Å². The number of alkyl halides is 3. The second-order valence-electron chi connectivity index (χ2n) is 1.89. The van der Waals surface area contributed by atoms with E-state index in [-0.39, 0.29) is 0 Å². The van der Waals surface area contributed by atoms with E-state index in [9.17, 15) is 4.79 Å². The van der Waals surface area contributed by atoms with E-state index >= 15 is 0 Å². The largest absolute Gasteiger partial charge is 0.512 e. The smallest absolute Gasteiger partial charge is 0.410 e. The summed E-state index contributed by atoms with van der Waals surface area (Å²) >= 11 is 9.35. The summed E-state index contributed by atoms with van der Waals surface area (Å²) in [5.41, 5.74) is 0. The highest BCUT2D eigenvalue weighted by Crippen LogP contribution is 2.50. The Labute approximate surface area is 82.8 Å². The molecule has 1 aliphatic rings. The Morgan fingerprint density at radius 1 is 1.30 bits per heavy atom. The minimum absolute atomic E-state index is 0.715. The Kier molecular flexibility index (Phi) is 2.07. The lowest BCUT2D eigenvalue weighted by molar-refractivity contribution is 0.116. The van der Waals surface area contributed by atoms with Crippen LogP contribution in [-0.4, -0.2) is 14.1 Å². The molecule has 6 heteroatoms. The van der Waals surface area contributed by atoms with Gasteiger partial charge in [-0.05, 0) is 54.7 Å². The molecule has 3 nitrogen and oxygen atoms in total. The molecule has 58 valence electrons. The van der Waals surface area contributed by atoms with Crippen LogP contribution >= 0.6 is 47.8 Å². The molecule has 10 heavy (non-hydrogen) atoms. The molecule has 0 radical (unpaired) electrons. The summed E-state index contributed by atoms with van der Waals surface area (Å²) in [7, 11) is 0. The molecule has 0 saturated carbocycles. The van der Waals surface area contributed by atoms with E-state index < -0.39 is 14.1 Å². The van der Waals surface area contributed by atoms with Crippen molar-refractivity contribution in [3.8, 4) is 0 Å². The lowest BCUT2D eigenvalue weighted by atomic mass is 10.4. The van der Waals surface area contributed by atoms with Crippen molar-refractivity contribution in [1.29, 1.82) is 0 Å². The number of carbonyl (C=O) groups excluding carboxylic acids is 1. The maximum absolute atomic E-state index is 10.5. The van der Waals surface area contributed by atoms with Gasteiger partial charge in [0.15, 0.2) is 0 Å². The van der Waals surface area contributed by atoms with E-state index in [0.29, 0.717) is 0 Å². The zero-order valence-electron chi connectivity index (χ0n) is 4.86. The molecule has 1 atom stereocenters. The Hall–Kier alpha value is 0.710. The Bertz CT molecular complexity index is 159. The number of cyclic esters (lactones) is 2. The maximum Gasteiger partial charge on any atom is 0.512 e. The third-order valence-corrected chi connectivity index (χ3v) is 4.63. The number of hydrogen-bond donors (Lipinski definition) is 0. The standard InChI is InChI=1S/C4H3Br3O3/c1-3(5)4(6,7)10-2(8)9-3/h1H3. The van der Waals surface area contributed by atoms with Gasteiger partial charge < -0.3 is 9.47 Å². The highest BCUT2D eigenvalue weighted by Gasteiger charge is 2.56. The summed E-state index contributed by atoms with van der Waals surface area (Å²) in [6, 6.07) is 0. The number of hydrogen-bond acceptors (Lipinski definition) is 3. The summed E-state index contributed by atoms with van der Waals surface area (Å²) in [4.78, 5) is 10.5. The first kappa shape index (κ1) is 8.80. The van der Waals surface area contributed by atoms with Crippen LogP contribution in [-0.2, 0) is 9.47 Å². The SMILES string of the molecule is CC1(Br)OC(=O)OC1(Br)Br. The van der Waals surface area contributed by atoms with Gasteiger partial charge in [0, 0.05) is 0 Å². The van der Waals surface area contributed by atoms with E-state index in [1.807, 2.05) is 0 Å². The van der Waals surface area contributed by atoms with Crippen LogP contribution in [0.15, 0.2) is 0 Å². The molecule has 0 aromatic carbocycles. The molecule has 0 aromatic rings. The topological polar surface area (TPSA) is 35.5 Å². The zero-order chi connectivity index (χ0) is 7.99. The van der Waals surface area contributed by atoms with Crippen molar-refractivity contribution in [2.75, 3.05) is 0 Å². The second kappa shape index (κ2) is 2.35. The highest BCUT2D eigenvalue weighted by atomic mass is 79.9. The molecule has 1 aliphatic heterocycles. The maximum atomic E-state index is 10.5. The Morgan fingerprint density at radius 2 is 1.80 bits per heavy atom. The van der Waals surface area contributed by atoms with Crippen molar-refractivity contribution in [3.63, 3.8) is 0 Å². The fraction of sp³-hybridized carbons (Fsp3) is 0.750. The number of halogens is 3. The van der Waals surface area contributed by atoms with E-state index in [1.165, 1.54) is 0 Å². The average Bonchev–Trinajstić information content (AvgIpc) is 1.73. The quantitative estimate of drug-likeness (QED) is 0.503. The van der Waals surface area contributed by atoms with Gasteiger partial charge in [-0.3, -0.25) is 0 Å². The van der Waals surface area contributed by atoms with Gasteiger partial charge >= 0.3 is 6.16 Å². The molecule has 0 spiro atoms. The average molecular weight is 339 g/mol. The van der Waals surface area contributed by atoms with Crippen molar-refractivity contribution in [2.45, 2.75) is 14.9 Å². The molecule has 0 aliphatic carbocycles. The predicted octanol–water partition coefficient (Wildman–Crippen LogP) is 2.71. The molecule has 1 rings (SSSR count). The van der Waals surface area contributed by atoms with Crippen molar-refractivity contribution in [2.24, 2.45) is 0 Å². The Balaban J connectivity index is 2.88. The summed E-state index contributed by atoms with van der Waals surface area (Å²) in [6.45, 7) is 1.65. The monoisotopic (exact) mass is 336 g/mol. The van der Waals surface area contributed by atoms with Crippen LogP contribution in [0.1, 0.15) is 6.92 Å². The second-order valence-corrected chi connectivity index (χ2v) is 6.70. The third kappa shape index (κ3) is 1.33. The Morgan fingerprint density at radius 3 is 1.90 bits per heavy atom.